The number of likely N-dealkylation sites (N-methyl/N-ethyl adjacent to an activating group) is 2. The molecule has 1 heterocycles. The minimum absolute atomic E-state index is 0.284. The normalized spacial score (nSPS) is 16.2. The van der Waals surface area contributed by atoms with Crippen molar-refractivity contribution in [3.8, 4) is 0 Å². The van der Waals surface area contributed by atoms with Crippen LogP contribution in [0.3, 0.4) is 0 Å². The Morgan fingerprint density at radius 1 is 1.10 bits per heavy atom. The van der Waals surface area contributed by atoms with E-state index in [9.17, 15) is 9.59 Å². The number of thioether (sulfide) groups is 1. The zero-order valence-corrected chi connectivity index (χ0v) is 20.3. The number of allylic oxidation sites excluding steroid dienone is 1. The van der Waals surface area contributed by atoms with Gasteiger partial charge in [0.05, 0.1) is 15.0 Å². The lowest BCUT2D eigenvalue weighted by molar-refractivity contribution is -0.115. The summed E-state index contributed by atoms with van der Waals surface area (Å²) >= 11 is 13.0. The lowest BCUT2D eigenvalue weighted by atomic mass is 10.3. The van der Waals surface area contributed by atoms with E-state index in [0.717, 1.165) is 18.3 Å². The molecule has 1 N–H and O–H groups in total. The van der Waals surface area contributed by atoms with Crippen molar-refractivity contribution in [3.63, 3.8) is 0 Å². The molecule has 1 aromatic carbocycles. The van der Waals surface area contributed by atoms with Gasteiger partial charge < -0.3 is 15.1 Å². The molecule has 0 aliphatic carbocycles. The molecule has 1 saturated heterocycles. The monoisotopic (exact) mass is 472 g/mol. The van der Waals surface area contributed by atoms with Crippen LogP contribution in [0.5, 0.6) is 0 Å². The predicted molar refractivity (Wildman–Crippen MR) is 129 cm³/mol. The van der Waals surface area contributed by atoms with Crippen LogP contribution in [0.4, 0.5) is 5.69 Å². The molecule has 0 radical (unpaired) electrons. The topological polar surface area (TPSA) is 65.0 Å². The van der Waals surface area contributed by atoms with Crippen molar-refractivity contribution in [1.29, 1.82) is 0 Å². The molecule has 0 unspecified atom stereocenters. The van der Waals surface area contributed by atoms with Gasteiger partial charge in [0, 0.05) is 13.1 Å². The maximum absolute atomic E-state index is 11.4. The molecule has 1 amide bonds. The van der Waals surface area contributed by atoms with Gasteiger partial charge in [-0.1, -0.05) is 50.0 Å². The number of amidine groups is 1. The Morgan fingerprint density at radius 2 is 1.77 bits per heavy atom. The highest BCUT2D eigenvalue weighted by Gasteiger charge is 2.24. The number of carbonyl (C=O) groups is 2. The number of para-hydroxylation sites is 1. The first-order valence-electron chi connectivity index (χ1n) is 9.94. The number of rotatable bonds is 9. The quantitative estimate of drug-likeness (QED) is 0.420. The maximum atomic E-state index is 11.4. The van der Waals surface area contributed by atoms with Crippen molar-refractivity contribution in [3.05, 3.63) is 39.2 Å². The van der Waals surface area contributed by atoms with Crippen LogP contribution >= 0.6 is 35.0 Å². The second-order valence-electron chi connectivity index (χ2n) is 6.54. The fourth-order valence-corrected chi connectivity index (χ4v) is 3.71. The lowest BCUT2D eigenvalue weighted by Gasteiger charge is -2.22. The van der Waals surface area contributed by atoms with Crippen LogP contribution in [0.25, 0.3) is 0 Å². The minimum atomic E-state index is -0.367. The molecule has 0 atom stereocenters. The third kappa shape index (κ3) is 9.18. The molecule has 0 bridgehead atoms. The first-order chi connectivity index (χ1) is 14.4. The smallest absolute Gasteiger partial charge is 0.264 e. The average Bonchev–Trinajstić information content (AvgIpc) is 3.07. The Balaban J connectivity index is 0.000000329. The summed E-state index contributed by atoms with van der Waals surface area (Å²) in [5.74, 6) is -0.367. The second kappa shape index (κ2) is 14.6. The van der Waals surface area contributed by atoms with E-state index in [1.165, 1.54) is 38.7 Å². The van der Waals surface area contributed by atoms with Crippen LogP contribution in [-0.2, 0) is 9.59 Å². The zero-order valence-electron chi connectivity index (χ0n) is 18.0. The van der Waals surface area contributed by atoms with Crippen LogP contribution in [0.1, 0.15) is 27.2 Å². The van der Waals surface area contributed by atoms with Crippen LogP contribution in [0, 0.1) is 0 Å². The number of aliphatic imine (C=N–C) groups is 1. The van der Waals surface area contributed by atoms with E-state index in [1.807, 2.05) is 0 Å². The van der Waals surface area contributed by atoms with Crippen LogP contribution in [0.2, 0.25) is 10.0 Å². The molecule has 0 aromatic heterocycles. The number of amides is 1. The van der Waals surface area contributed by atoms with Crippen molar-refractivity contribution < 1.29 is 9.59 Å². The van der Waals surface area contributed by atoms with Gasteiger partial charge in [-0.15, -0.1) is 0 Å². The number of hydrogen-bond acceptors (Lipinski definition) is 6. The van der Waals surface area contributed by atoms with Gasteiger partial charge in [-0.2, -0.15) is 0 Å². The zero-order chi connectivity index (χ0) is 22.5. The Labute approximate surface area is 193 Å². The maximum Gasteiger partial charge on any atom is 0.264 e. The predicted octanol–water partition coefficient (Wildman–Crippen LogP) is 4.60. The van der Waals surface area contributed by atoms with Crippen LogP contribution < -0.4 is 5.32 Å². The van der Waals surface area contributed by atoms with Gasteiger partial charge in [0.2, 0.25) is 0 Å². The van der Waals surface area contributed by atoms with Crippen LogP contribution in [0.15, 0.2) is 34.2 Å². The molecule has 0 saturated carbocycles. The lowest BCUT2D eigenvalue weighted by Crippen LogP contribution is -2.33. The summed E-state index contributed by atoms with van der Waals surface area (Å²) in [5, 5.41) is 3.63. The molecule has 9 heteroatoms. The third-order valence-corrected chi connectivity index (χ3v) is 5.88. The number of aldehydes is 1. The van der Waals surface area contributed by atoms with Crippen LogP contribution in [-0.4, -0.2) is 66.9 Å². The summed E-state index contributed by atoms with van der Waals surface area (Å²) in [6.07, 6.45) is 2.99. The molecular weight excluding hydrogens is 443 g/mol. The van der Waals surface area contributed by atoms with E-state index in [-0.39, 0.29) is 10.8 Å². The third-order valence-electron chi connectivity index (χ3n) is 4.35. The molecule has 30 heavy (non-hydrogen) atoms. The molecule has 1 aliphatic heterocycles. The Kier molecular flexibility index (Phi) is 13.0. The van der Waals surface area contributed by atoms with Gasteiger partial charge in [0.15, 0.2) is 5.17 Å². The summed E-state index contributed by atoms with van der Waals surface area (Å²) in [6, 6.07) is 5.00. The summed E-state index contributed by atoms with van der Waals surface area (Å²) < 4.78 is 0. The van der Waals surface area contributed by atoms with Gasteiger partial charge >= 0.3 is 0 Å². The van der Waals surface area contributed by atoms with Crippen molar-refractivity contribution in [2.24, 2.45) is 4.99 Å². The highest BCUT2D eigenvalue weighted by molar-refractivity contribution is 8.18. The molecule has 1 aromatic rings. The van der Waals surface area contributed by atoms with E-state index in [1.54, 1.807) is 18.2 Å². The first kappa shape index (κ1) is 26.7. The standard InChI is InChI=1S/C11H6Cl2N2O2S.C10H24N2/c12-6-2-1-3-7(13)9(6)14-11-15-10(17)8(18-11)4-5-16;1-5-8-12(7-3)10-9-11(4)6-2/h1-5H,(H,14,15,17);5-10H2,1-4H3/b8-4-;. The van der Waals surface area contributed by atoms with Crippen molar-refractivity contribution in [1.82, 2.24) is 15.1 Å². The van der Waals surface area contributed by atoms with E-state index in [4.69, 9.17) is 23.2 Å². The largest absolute Gasteiger partial charge is 0.305 e. The van der Waals surface area contributed by atoms with Crippen molar-refractivity contribution in [2.45, 2.75) is 27.2 Å². The molecule has 2 rings (SSSR count). The summed E-state index contributed by atoms with van der Waals surface area (Å²) in [7, 11) is 2.18. The molecular formula is C21H30Cl2N4O2S. The fourth-order valence-electron chi connectivity index (χ4n) is 2.47. The summed E-state index contributed by atoms with van der Waals surface area (Å²) in [5.41, 5.74) is 0.385. The molecule has 6 nitrogen and oxygen atoms in total. The Morgan fingerprint density at radius 3 is 2.30 bits per heavy atom. The van der Waals surface area contributed by atoms with Crippen molar-refractivity contribution in [2.75, 3.05) is 39.8 Å². The van der Waals surface area contributed by atoms with E-state index in [2.05, 4.69) is 47.9 Å². The summed E-state index contributed by atoms with van der Waals surface area (Å²) in [6.45, 7) is 12.7. The van der Waals surface area contributed by atoms with E-state index >= 15 is 0 Å². The number of hydrogen-bond donors (Lipinski definition) is 1. The SMILES string of the molecule is CCCN(CC)CCN(C)CC.O=C/C=C1\SC(=Nc2c(Cl)cccc2Cl)NC1=O. The molecule has 1 fully saturated rings. The minimum Gasteiger partial charge on any atom is -0.305 e. The van der Waals surface area contributed by atoms with E-state index < -0.39 is 0 Å². The number of halogens is 2. The van der Waals surface area contributed by atoms with Gasteiger partial charge in [0.25, 0.3) is 5.91 Å². The number of nitrogens with one attached hydrogen (secondary N) is 1. The van der Waals surface area contributed by atoms with Gasteiger partial charge in [-0.05, 0) is 63.1 Å². The van der Waals surface area contributed by atoms with Gasteiger partial charge in [-0.3, -0.25) is 9.59 Å². The average molecular weight is 473 g/mol. The van der Waals surface area contributed by atoms with E-state index in [0.29, 0.717) is 27.2 Å². The molecule has 166 valence electrons. The second-order valence-corrected chi connectivity index (χ2v) is 8.39. The summed E-state index contributed by atoms with van der Waals surface area (Å²) in [4.78, 5) is 31.1. The molecule has 0 spiro atoms. The van der Waals surface area contributed by atoms with Gasteiger partial charge in [0.1, 0.15) is 12.0 Å². The highest BCUT2D eigenvalue weighted by atomic mass is 35.5. The van der Waals surface area contributed by atoms with Crippen molar-refractivity contribution >= 4 is 58.0 Å². The number of benzene rings is 1. The molecule has 1 aliphatic rings. The first-order valence-corrected chi connectivity index (χ1v) is 11.5. The Bertz CT molecular complexity index is 751. The highest BCUT2D eigenvalue weighted by Crippen LogP contribution is 2.35. The Hall–Kier alpha value is -1.38. The number of carbonyl (C=O) groups excluding carboxylic acids is 2. The fraction of sp³-hybridized carbons (Fsp3) is 0.476. The van der Waals surface area contributed by atoms with Gasteiger partial charge in [-0.25, -0.2) is 4.99 Å². The number of nitrogens with zero attached hydrogens (tertiary/aromatic N) is 3.